The fraction of sp³-hybridized carbons (Fsp3) is 0.480. The van der Waals surface area contributed by atoms with Gasteiger partial charge in [-0.3, -0.25) is 9.69 Å². The Morgan fingerprint density at radius 1 is 1.15 bits per heavy atom. The maximum Gasteiger partial charge on any atom is 0.287 e. The molecule has 33 heavy (non-hydrogen) atoms. The molecule has 2 aromatic heterocycles. The molecule has 0 unspecified atom stereocenters. The van der Waals surface area contributed by atoms with E-state index in [2.05, 4.69) is 51.0 Å². The minimum atomic E-state index is -0.231. The summed E-state index contributed by atoms with van der Waals surface area (Å²) in [5, 5.41) is 12.1. The van der Waals surface area contributed by atoms with Crippen LogP contribution in [0.2, 0.25) is 0 Å². The maximum atomic E-state index is 12.7. The molecule has 4 rings (SSSR count). The van der Waals surface area contributed by atoms with Gasteiger partial charge in [-0.1, -0.05) is 32.0 Å². The van der Waals surface area contributed by atoms with E-state index in [1.807, 2.05) is 19.1 Å². The predicted molar refractivity (Wildman–Crippen MR) is 125 cm³/mol. The highest BCUT2D eigenvalue weighted by Gasteiger charge is 2.27. The van der Waals surface area contributed by atoms with Crippen LogP contribution in [0, 0.1) is 5.92 Å². The van der Waals surface area contributed by atoms with Gasteiger partial charge in [0.15, 0.2) is 11.6 Å². The van der Waals surface area contributed by atoms with Crippen molar-refractivity contribution in [3.05, 3.63) is 65.6 Å². The van der Waals surface area contributed by atoms with E-state index in [0.717, 1.165) is 56.4 Å². The van der Waals surface area contributed by atoms with Crippen LogP contribution in [-0.4, -0.2) is 45.3 Å². The Bertz CT molecular complexity index is 1040. The van der Waals surface area contributed by atoms with Crippen molar-refractivity contribution >= 4 is 5.91 Å². The van der Waals surface area contributed by atoms with Gasteiger partial charge in [-0.25, -0.2) is 0 Å². The van der Waals surface area contributed by atoms with Crippen molar-refractivity contribution in [2.24, 2.45) is 5.92 Å². The summed E-state index contributed by atoms with van der Waals surface area (Å²) >= 11 is 0. The average molecular weight is 452 g/mol. The Hall–Kier alpha value is -3.13. The standard InChI is InChI=1S/C25H33N5O3/c1-4-32-21-9-6-5-8-19(21)17-29-12-11-23-27-28-24(30(23)14-13-29)20(16-18(2)3)26-25(31)22-10-7-15-33-22/h5-10,15,18,20H,4,11-14,16-17H2,1-3H3,(H,26,31)/t20-/m1/s1. The number of furan rings is 1. The number of hydrogen-bond donors (Lipinski definition) is 1. The molecule has 0 aliphatic carbocycles. The lowest BCUT2D eigenvalue weighted by molar-refractivity contribution is 0.0900. The molecule has 0 saturated carbocycles. The summed E-state index contributed by atoms with van der Waals surface area (Å²) in [6.45, 7) is 10.3. The molecule has 1 N–H and O–H groups in total. The number of fused-ring (bicyclic) bond motifs is 1. The van der Waals surface area contributed by atoms with Crippen LogP contribution in [0.4, 0.5) is 0 Å². The largest absolute Gasteiger partial charge is 0.494 e. The summed E-state index contributed by atoms with van der Waals surface area (Å²) in [6.07, 6.45) is 3.09. The van der Waals surface area contributed by atoms with E-state index < -0.39 is 0 Å². The Labute approximate surface area is 194 Å². The molecule has 0 bridgehead atoms. The quantitative estimate of drug-likeness (QED) is 0.532. The molecule has 8 nitrogen and oxygen atoms in total. The van der Waals surface area contributed by atoms with Gasteiger partial charge >= 0.3 is 0 Å². The van der Waals surface area contributed by atoms with E-state index in [0.29, 0.717) is 18.3 Å². The SMILES string of the molecule is CCOc1ccccc1CN1CCc2nnc([C@@H](CC(C)C)NC(=O)c3ccco3)n2CC1. The van der Waals surface area contributed by atoms with Crippen molar-refractivity contribution in [3.8, 4) is 5.75 Å². The van der Waals surface area contributed by atoms with Gasteiger partial charge in [0.25, 0.3) is 5.91 Å². The van der Waals surface area contributed by atoms with Crippen molar-refractivity contribution in [3.63, 3.8) is 0 Å². The lowest BCUT2D eigenvalue weighted by Gasteiger charge is -2.22. The van der Waals surface area contributed by atoms with Gasteiger partial charge in [-0.2, -0.15) is 0 Å². The molecule has 1 aliphatic heterocycles. The number of amides is 1. The van der Waals surface area contributed by atoms with E-state index in [1.54, 1.807) is 12.1 Å². The average Bonchev–Trinajstić information content (AvgIpc) is 3.43. The Kier molecular flexibility index (Phi) is 7.44. The van der Waals surface area contributed by atoms with E-state index in [1.165, 1.54) is 11.8 Å². The van der Waals surface area contributed by atoms with E-state index >= 15 is 0 Å². The van der Waals surface area contributed by atoms with Gasteiger partial charge in [-0.05, 0) is 37.5 Å². The lowest BCUT2D eigenvalue weighted by atomic mass is 10.0. The molecule has 1 amide bonds. The molecule has 176 valence electrons. The maximum absolute atomic E-state index is 12.7. The predicted octanol–water partition coefficient (Wildman–Crippen LogP) is 3.85. The second-order valence-electron chi connectivity index (χ2n) is 8.83. The number of hydrogen-bond acceptors (Lipinski definition) is 6. The third-order valence-corrected chi connectivity index (χ3v) is 5.88. The first kappa shape index (κ1) is 23.0. The number of aromatic nitrogens is 3. The second-order valence-corrected chi connectivity index (χ2v) is 8.83. The van der Waals surface area contributed by atoms with Crippen molar-refractivity contribution in [2.45, 2.75) is 52.7 Å². The smallest absolute Gasteiger partial charge is 0.287 e. The molecule has 0 saturated heterocycles. The third kappa shape index (κ3) is 5.63. The molecule has 3 aromatic rings. The molecule has 8 heteroatoms. The summed E-state index contributed by atoms with van der Waals surface area (Å²) < 4.78 is 13.3. The Morgan fingerprint density at radius 3 is 2.76 bits per heavy atom. The molecular formula is C25H33N5O3. The first-order valence-electron chi connectivity index (χ1n) is 11.7. The highest BCUT2D eigenvalue weighted by Crippen LogP contribution is 2.24. The van der Waals surface area contributed by atoms with Crippen molar-refractivity contribution in [1.82, 2.24) is 25.0 Å². The molecule has 1 aliphatic rings. The van der Waals surface area contributed by atoms with Gasteiger partial charge < -0.3 is 19.0 Å². The van der Waals surface area contributed by atoms with Gasteiger partial charge in [0, 0.05) is 38.2 Å². The van der Waals surface area contributed by atoms with Gasteiger partial charge in [-0.15, -0.1) is 10.2 Å². The van der Waals surface area contributed by atoms with Crippen LogP contribution in [0.3, 0.4) is 0 Å². The second kappa shape index (κ2) is 10.7. The van der Waals surface area contributed by atoms with Crippen molar-refractivity contribution in [1.29, 1.82) is 0 Å². The summed E-state index contributed by atoms with van der Waals surface area (Å²) in [6, 6.07) is 11.4. The van der Waals surface area contributed by atoms with Crippen LogP contribution in [0.1, 0.15) is 61.0 Å². The number of ether oxygens (including phenoxy) is 1. The Morgan fingerprint density at radius 2 is 2.00 bits per heavy atom. The highest BCUT2D eigenvalue weighted by molar-refractivity contribution is 5.91. The van der Waals surface area contributed by atoms with Crippen LogP contribution in [0.5, 0.6) is 5.75 Å². The topological polar surface area (TPSA) is 85.4 Å². The number of nitrogens with one attached hydrogen (secondary N) is 1. The zero-order valence-corrected chi connectivity index (χ0v) is 19.7. The first-order chi connectivity index (χ1) is 16.0. The molecule has 3 heterocycles. The summed E-state index contributed by atoms with van der Waals surface area (Å²) in [5.41, 5.74) is 1.20. The van der Waals surface area contributed by atoms with Crippen molar-refractivity contribution in [2.75, 3.05) is 19.7 Å². The van der Waals surface area contributed by atoms with Gasteiger partial charge in [0.2, 0.25) is 0 Å². The highest BCUT2D eigenvalue weighted by atomic mass is 16.5. The fourth-order valence-electron chi connectivity index (χ4n) is 4.31. The molecule has 0 radical (unpaired) electrons. The van der Waals surface area contributed by atoms with Crippen LogP contribution in [0.15, 0.2) is 47.1 Å². The van der Waals surface area contributed by atoms with Crippen LogP contribution in [-0.2, 0) is 19.5 Å². The molecule has 1 atom stereocenters. The number of rotatable bonds is 9. The molecule has 1 aromatic carbocycles. The zero-order chi connectivity index (χ0) is 23.2. The van der Waals surface area contributed by atoms with Gasteiger partial charge in [0.1, 0.15) is 11.6 Å². The fourth-order valence-corrected chi connectivity index (χ4v) is 4.31. The zero-order valence-electron chi connectivity index (χ0n) is 19.7. The van der Waals surface area contributed by atoms with Gasteiger partial charge in [0.05, 0.1) is 18.9 Å². The summed E-state index contributed by atoms with van der Waals surface area (Å²) in [7, 11) is 0. The van der Waals surface area contributed by atoms with Crippen LogP contribution < -0.4 is 10.1 Å². The monoisotopic (exact) mass is 451 g/mol. The van der Waals surface area contributed by atoms with Crippen molar-refractivity contribution < 1.29 is 13.9 Å². The number of carbonyl (C=O) groups is 1. The minimum Gasteiger partial charge on any atom is -0.494 e. The molecular weight excluding hydrogens is 418 g/mol. The normalized spacial score (nSPS) is 15.2. The van der Waals surface area contributed by atoms with Crippen LogP contribution >= 0.6 is 0 Å². The number of carbonyl (C=O) groups excluding carboxylic acids is 1. The number of nitrogens with zero attached hydrogens (tertiary/aromatic N) is 4. The van der Waals surface area contributed by atoms with E-state index in [4.69, 9.17) is 9.15 Å². The molecule has 0 fully saturated rings. The summed E-state index contributed by atoms with van der Waals surface area (Å²) in [4.78, 5) is 15.1. The summed E-state index contributed by atoms with van der Waals surface area (Å²) in [5.74, 6) is 3.19. The van der Waals surface area contributed by atoms with E-state index in [-0.39, 0.29) is 11.9 Å². The van der Waals surface area contributed by atoms with E-state index in [9.17, 15) is 4.79 Å². The minimum absolute atomic E-state index is 0.228. The number of benzene rings is 1. The number of para-hydroxylation sites is 1. The molecule has 0 spiro atoms. The van der Waals surface area contributed by atoms with Crippen LogP contribution in [0.25, 0.3) is 0 Å². The first-order valence-corrected chi connectivity index (χ1v) is 11.7. The Balaban J connectivity index is 1.49. The lowest BCUT2D eigenvalue weighted by Crippen LogP contribution is -2.32. The third-order valence-electron chi connectivity index (χ3n) is 5.88.